The molecule has 7 heteroatoms. The predicted octanol–water partition coefficient (Wildman–Crippen LogP) is 6.16. The predicted molar refractivity (Wildman–Crippen MR) is 71.8 cm³/mol. The molecule has 0 amide bonds. The van der Waals surface area contributed by atoms with Crippen molar-refractivity contribution in [2.24, 2.45) is 0 Å². The van der Waals surface area contributed by atoms with Crippen molar-refractivity contribution in [2.45, 2.75) is 0 Å². The molecule has 0 radical (unpaired) electrons. The van der Waals surface area contributed by atoms with Gasteiger partial charge in [-0.05, 0) is 0 Å². The summed E-state index contributed by atoms with van der Waals surface area (Å²) >= 11 is 35.7. The zero-order chi connectivity index (χ0) is 12.0. The van der Waals surface area contributed by atoms with E-state index in [1.54, 1.807) is 0 Å². The van der Waals surface area contributed by atoms with Gasteiger partial charge < -0.3 is 0 Å². The van der Waals surface area contributed by atoms with Crippen LogP contribution in [0.2, 0.25) is 30.1 Å². The van der Waals surface area contributed by atoms with Gasteiger partial charge in [0.1, 0.15) is 0 Å². The summed E-state index contributed by atoms with van der Waals surface area (Å²) in [5, 5.41) is 1.58. The molecule has 84 valence electrons. The van der Waals surface area contributed by atoms with Crippen LogP contribution in [0.1, 0.15) is 0 Å². The third-order valence-corrected chi connectivity index (χ3v) is 4.55. The Morgan fingerprint density at radius 2 is 1.25 bits per heavy atom. The number of halogens is 6. The molecule has 0 unspecified atom stereocenters. The number of hydrogen-bond donors (Lipinski definition) is 0. The average Bonchev–Trinajstić information content (AvgIpc) is 2.27. The van der Waals surface area contributed by atoms with E-state index in [0.717, 1.165) is 0 Å². The first kappa shape index (κ1) is 12.8. The second-order valence-electron chi connectivity index (χ2n) is 2.90. The molecule has 2 rings (SSSR count). The normalized spacial score (nSPS) is 11.1. The van der Waals surface area contributed by atoms with Crippen LogP contribution < -0.4 is 0 Å². The molecule has 16 heavy (non-hydrogen) atoms. The summed E-state index contributed by atoms with van der Waals surface area (Å²) in [6.45, 7) is 0. The van der Waals surface area contributed by atoms with Gasteiger partial charge in [0, 0.05) is 11.6 Å². The van der Waals surface area contributed by atoms with E-state index in [1.807, 2.05) is 0 Å². The molecular formula is C9HCl6N. The number of fused-ring (bicyclic) bond motifs is 1. The molecule has 0 saturated heterocycles. The third kappa shape index (κ3) is 1.84. The Balaban J connectivity index is 3.09. The molecule has 0 atom stereocenters. The van der Waals surface area contributed by atoms with E-state index in [9.17, 15) is 0 Å². The van der Waals surface area contributed by atoms with Gasteiger partial charge in [-0.3, -0.25) is 4.98 Å². The highest BCUT2D eigenvalue weighted by Crippen LogP contribution is 2.45. The fourth-order valence-corrected chi connectivity index (χ4v) is 2.65. The Hall–Kier alpha value is 0.370. The summed E-state index contributed by atoms with van der Waals surface area (Å²) in [5.41, 5.74) is 0.371. The van der Waals surface area contributed by atoms with Crippen molar-refractivity contribution < 1.29 is 0 Å². The van der Waals surface area contributed by atoms with Crippen molar-refractivity contribution in [3.05, 3.63) is 36.3 Å². The number of aromatic nitrogens is 1. The highest BCUT2D eigenvalue weighted by Gasteiger charge is 2.19. The van der Waals surface area contributed by atoms with Crippen molar-refractivity contribution in [1.82, 2.24) is 4.98 Å². The lowest BCUT2D eigenvalue weighted by atomic mass is 10.2. The molecule has 0 aliphatic carbocycles. The first-order valence-corrected chi connectivity index (χ1v) is 6.17. The van der Waals surface area contributed by atoms with Crippen molar-refractivity contribution in [2.75, 3.05) is 0 Å². The number of benzene rings is 1. The van der Waals surface area contributed by atoms with Gasteiger partial charge in [-0.2, -0.15) is 0 Å². The molecule has 1 nitrogen and oxygen atoms in total. The summed E-state index contributed by atoms with van der Waals surface area (Å²) in [7, 11) is 0. The van der Waals surface area contributed by atoms with Crippen LogP contribution in [0.3, 0.4) is 0 Å². The number of pyridine rings is 1. The molecule has 0 aliphatic heterocycles. The molecular weight excluding hydrogens is 335 g/mol. The summed E-state index contributed by atoms with van der Waals surface area (Å²) in [6.07, 6.45) is 1.37. The maximum absolute atomic E-state index is 6.02. The monoisotopic (exact) mass is 333 g/mol. The zero-order valence-corrected chi connectivity index (χ0v) is 11.8. The molecule has 0 spiro atoms. The molecule has 0 fully saturated rings. The van der Waals surface area contributed by atoms with Gasteiger partial charge in [-0.25, -0.2) is 0 Å². The summed E-state index contributed by atoms with van der Waals surface area (Å²) in [6, 6.07) is 0. The van der Waals surface area contributed by atoms with Gasteiger partial charge in [-0.15, -0.1) is 0 Å². The SMILES string of the molecule is Clc1cnc2c(Cl)c(Cl)c(Cl)c(Cl)c2c1Cl. The maximum atomic E-state index is 6.02. The quantitative estimate of drug-likeness (QED) is 0.415. The Morgan fingerprint density at radius 3 is 1.88 bits per heavy atom. The van der Waals surface area contributed by atoms with Crippen molar-refractivity contribution in [3.63, 3.8) is 0 Å². The van der Waals surface area contributed by atoms with E-state index in [-0.39, 0.29) is 30.1 Å². The fourth-order valence-electron chi connectivity index (χ4n) is 1.24. The van der Waals surface area contributed by atoms with Crippen LogP contribution >= 0.6 is 69.6 Å². The fraction of sp³-hybridized carbons (Fsp3) is 0. The number of nitrogens with zero attached hydrogens (tertiary/aromatic N) is 1. The van der Waals surface area contributed by atoms with E-state index in [0.29, 0.717) is 10.9 Å². The summed E-state index contributed by atoms with van der Waals surface area (Å²) in [5.74, 6) is 0. The lowest BCUT2D eigenvalue weighted by Gasteiger charge is -2.09. The zero-order valence-electron chi connectivity index (χ0n) is 7.29. The maximum Gasteiger partial charge on any atom is 0.0935 e. The van der Waals surface area contributed by atoms with E-state index in [2.05, 4.69) is 4.98 Å². The molecule has 1 aromatic heterocycles. The van der Waals surface area contributed by atoms with Crippen LogP contribution in [-0.4, -0.2) is 4.98 Å². The van der Waals surface area contributed by atoms with Gasteiger partial charge in [0.15, 0.2) is 0 Å². The minimum atomic E-state index is 0.131. The second kappa shape index (κ2) is 4.56. The summed E-state index contributed by atoms with van der Waals surface area (Å²) in [4.78, 5) is 4.03. The molecule has 0 N–H and O–H groups in total. The Morgan fingerprint density at radius 1 is 0.688 bits per heavy atom. The smallest absolute Gasteiger partial charge is 0.0935 e. The minimum absolute atomic E-state index is 0.131. The van der Waals surface area contributed by atoms with Crippen LogP contribution in [0.25, 0.3) is 10.9 Å². The van der Waals surface area contributed by atoms with E-state index < -0.39 is 0 Å². The van der Waals surface area contributed by atoms with E-state index in [4.69, 9.17) is 69.6 Å². The third-order valence-electron chi connectivity index (χ3n) is 1.98. The highest BCUT2D eigenvalue weighted by molar-refractivity contribution is 6.57. The molecule has 0 bridgehead atoms. The van der Waals surface area contributed by atoms with Gasteiger partial charge in [0.05, 0.1) is 35.7 Å². The lowest BCUT2D eigenvalue weighted by Crippen LogP contribution is -1.87. The van der Waals surface area contributed by atoms with Crippen LogP contribution in [0.5, 0.6) is 0 Å². The second-order valence-corrected chi connectivity index (χ2v) is 5.20. The molecule has 2 aromatic rings. The van der Waals surface area contributed by atoms with Crippen LogP contribution in [0.15, 0.2) is 6.20 Å². The topological polar surface area (TPSA) is 12.9 Å². The van der Waals surface area contributed by atoms with Gasteiger partial charge >= 0.3 is 0 Å². The minimum Gasteiger partial charge on any atom is -0.253 e. The first-order chi connectivity index (χ1) is 7.45. The lowest BCUT2D eigenvalue weighted by molar-refractivity contribution is 1.41. The van der Waals surface area contributed by atoms with Crippen LogP contribution in [0, 0.1) is 0 Å². The number of rotatable bonds is 0. The highest BCUT2D eigenvalue weighted by atomic mass is 35.5. The van der Waals surface area contributed by atoms with Gasteiger partial charge in [0.25, 0.3) is 0 Å². The van der Waals surface area contributed by atoms with Crippen molar-refractivity contribution >= 4 is 80.5 Å². The van der Waals surface area contributed by atoms with Crippen LogP contribution in [0.4, 0.5) is 0 Å². The average molecular weight is 336 g/mol. The summed E-state index contributed by atoms with van der Waals surface area (Å²) < 4.78 is 0. The van der Waals surface area contributed by atoms with Crippen molar-refractivity contribution in [3.8, 4) is 0 Å². The molecule has 0 aliphatic rings. The van der Waals surface area contributed by atoms with E-state index >= 15 is 0 Å². The number of hydrogen-bond acceptors (Lipinski definition) is 1. The molecule has 1 heterocycles. The van der Waals surface area contributed by atoms with E-state index in [1.165, 1.54) is 6.20 Å². The van der Waals surface area contributed by atoms with Gasteiger partial charge in [-0.1, -0.05) is 69.6 Å². The molecule has 0 saturated carbocycles. The largest absolute Gasteiger partial charge is 0.253 e. The first-order valence-electron chi connectivity index (χ1n) is 3.90. The Labute approximate surface area is 121 Å². The Bertz CT molecular complexity index is 595. The Kier molecular flexibility index (Phi) is 3.66. The van der Waals surface area contributed by atoms with Gasteiger partial charge in [0.2, 0.25) is 0 Å². The molecule has 1 aromatic carbocycles. The van der Waals surface area contributed by atoms with Crippen molar-refractivity contribution in [1.29, 1.82) is 0 Å². The van der Waals surface area contributed by atoms with Crippen LogP contribution in [-0.2, 0) is 0 Å². The standard InChI is InChI=1S/C9HCl6N/c10-2-1-16-9-3(4(2)11)5(12)6(13)7(14)8(9)15/h1H.